The Balaban J connectivity index is 2.12. The molecule has 3 rings (SSSR count). The molecule has 1 N–H and O–H groups in total. The van der Waals surface area contributed by atoms with Gasteiger partial charge in [0.05, 0.1) is 4.88 Å². The van der Waals surface area contributed by atoms with Gasteiger partial charge < -0.3 is 5.32 Å². The fourth-order valence-corrected chi connectivity index (χ4v) is 2.58. The van der Waals surface area contributed by atoms with Crippen molar-refractivity contribution in [3.63, 3.8) is 0 Å². The molecule has 0 aliphatic rings. The van der Waals surface area contributed by atoms with E-state index in [2.05, 4.69) is 30.4 Å². The molecular weight excluding hydrogens is 274 g/mol. The van der Waals surface area contributed by atoms with E-state index in [1.807, 2.05) is 25.3 Å². The smallest absolute Gasteiger partial charge is 0.257 e. The predicted molar refractivity (Wildman–Crippen MR) is 77.0 cm³/mol. The number of aryl methyl sites for hydroxylation is 1. The number of thiophene rings is 1. The van der Waals surface area contributed by atoms with Crippen LogP contribution in [-0.4, -0.2) is 36.3 Å². The molecule has 102 valence electrons. The van der Waals surface area contributed by atoms with Gasteiger partial charge in [-0.2, -0.15) is 24.7 Å². The highest BCUT2D eigenvalue weighted by molar-refractivity contribution is 7.13. The molecule has 0 saturated carbocycles. The summed E-state index contributed by atoms with van der Waals surface area (Å²) in [5.74, 6) is 1.64. The van der Waals surface area contributed by atoms with Crippen molar-refractivity contribution in [1.29, 1.82) is 0 Å². The Bertz CT molecular complexity index is 704. The predicted octanol–water partition coefficient (Wildman–Crippen LogP) is 1.92. The molecule has 20 heavy (non-hydrogen) atoms. The number of anilines is 1. The van der Waals surface area contributed by atoms with Gasteiger partial charge in [-0.15, -0.1) is 11.3 Å². The third kappa shape index (κ3) is 2.37. The third-order valence-corrected chi connectivity index (χ3v) is 3.66. The molecule has 3 aromatic heterocycles. The molecule has 0 saturated heterocycles. The highest BCUT2D eigenvalue weighted by atomic mass is 32.1. The zero-order valence-corrected chi connectivity index (χ0v) is 11.9. The lowest BCUT2D eigenvalue weighted by Crippen LogP contribution is -2.10. The summed E-state index contributed by atoms with van der Waals surface area (Å²) in [6.07, 6.45) is 3.02. The minimum Gasteiger partial charge on any atom is -0.354 e. The van der Waals surface area contributed by atoms with Crippen molar-refractivity contribution >= 4 is 17.3 Å². The highest BCUT2D eigenvalue weighted by Crippen LogP contribution is 2.26. The maximum Gasteiger partial charge on any atom is 0.257 e. The Kier molecular flexibility index (Phi) is 3.38. The Labute approximate surface area is 119 Å². The molecule has 0 aliphatic carbocycles. The molecule has 0 aromatic carbocycles. The summed E-state index contributed by atoms with van der Waals surface area (Å²) in [6.45, 7) is 4.77. The number of nitrogens with one attached hydrogen (secondary N) is 1. The van der Waals surface area contributed by atoms with Crippen LogP contribution < -0.4 is 5.32 Å². The second-order valence-corrected chi connectivity index (χ2v) is 5.00. The van der Waals surface area contributed by atoms with Gasteiger partial charge in [0, 0.05) is 6.54 Å². The molecule has 0 fully saturated rings. The molecule has 0 radical (unpaired) electrons. The van der Waals surface area contributed by atoms with Crippen molar-refractivity contribution in [1.82, 2.24) is 29.7 Å². The van der Waals surface area contributed by atoms with E-state index in [0.29, 0.717) is 17.7 Å². The van der Waals surface area contributed by atoms with Gasteiger partial charge in [0.25, 0.3) is 5.95 Å². The molecule has 0 unspecified atom stereocenters. The fraction of sp³-hybridized carbons (Fsp3) is 0.250. The second kappa shape index (κ2) is 5.33. The summed E-state index contributed by atoms with van der Waals surface area (Å²) in [5, 5.41) is 9.20. The molecular formula is C12H13N7S. The highest BCUT2D eigenvalue weighted by Gasteiger charge is 2.12. The van der Waals surface area contributed by atoms with Gasteiger partial charge in [-0.1, -0.05) is 0 Å². The van der Waals surface area contributed by atoms with Crippen molar-refractivity contribution in [2.75, 3.05) is 11.9 Å². The number of rotatable bonds is 4. The molecule has 0 spiro atoms. The van der Waals surface area contributed by atoms with Crippen LogP contribution in [0.2, 0.25) is 0 Å². The fourth-order valence-electron chi connectivity index (χ4n) is 1.72. The molecule has 0 bridgehead atoms. The van der Waals surface area contributed by atoms with Crippen molar-refractivity contribution in [3.8, 4) is 16.6 Å². The van der Waals surface area contributed by atoms with Crippen LogP contribution in [0.15, 0.2) is 24.1 Å². The lowest BCUT2D eigenvalue weighted by atomic mass is 10.3. The van der Waals surface area contributed by atoms with Gasteiger partial charge in [-0.25, -0.2) is 4.98 Å². The van der Waals surface area contributed by atoms with E-state index in [1.165, 1.54) is 11.0 Å². The van der Waals surface area contributed by atoms with E-state index >= 15 is 0 Å². The summed E-state index contributed by atoms with van der Waals surface area (Å²) < 4.78 is 1.52. The van der Waals surface area contributed by atoms with Gasteiger partial charge in [0.15, 0.2) is 5.82 Å². The zero-order chi connectivity index (χ0) is 13.9. The standard InChI is InChI=1S/C12H13N7S/c1-3-14-11-16-10(9-8(2)4-5-20-9)17-12(18-11)19-7-13-6-15-19/h4-7H,3H2,1-2H3,(H,14,16,17,18). The topological polar surface area (TPSA) is 81.4 Å². The molecule has 0 aliphatic heterocycles. The first-order valence-corrected chi connectivity index (χ1v) is 7.05. The first-order chi connectivity index (χ1) is 9.78. The van der Waals surface area contributed by atoms with Gasteiger partial charge >= 0.3 is 0 Å². The molecule has 7 nitrogen and oxygen atoms in total. The van der Waals surface area contributed by atoms with Crippen molar-refractivity contribution in [2.45, 2.75) is 13.8 Å². The van der Waals surface area contributed by atoms with Crippen LogP contribution in [0, 0.1) is 6.92 Å². The average molecular weight is 287 g/mol. The molecule has 0 amide bonds. The Hall–Kier alpha value is -2.35. The zero-order valence-electron chi connectivity index (χ0n) is 11.1. The van der Waals surface area contributed by atoms with Crippen LogP contribution >= 0.6 is 11.3 Å². The summed E-state index contributed by atoms with van der Waals surface area (Å²) in [5.41, 5.74) is 1.15. The van der Waals surface area contributed by atoms with Crippen LogP contribution in [0.25, 0.3) is 16.6 Å². The maximum absolute atomic E-state index is 4.47. The Morgan fingerprint density at radius 3 is 2.85 bits per heavy atom. The normalized spacial score (nSPS) is 10.7. The lowest BCUT2D eigenvalue weighted by Gasteiger charge is -2.07. The first-order valence-electron chi connectivity index (χ1n) is 6.17. The third-order valence-electron chi connectivity index (χ3n) is 2.65. The number of aromatic nitrogens is 6. The largest absolute Gasteiger partial charge is 0.354 e. The lowest BCUT2D eigenvalue weighted by molar-refractivity contribution is 0.797. The first kappa shape index (κ1) is 12.7. The Morgan fingerprint density at radius 2 is 2.20 bits per heavy atom. The number of hydrogen-bond donors (Lipinski definition) is 1. The van der Waals surface area contributed by atoms with Crippen LogP contribution in [0.4, 0.5) is 5.95 Å². The molecule has 3 heterocycles. The van der Waals surface area contributed by atoms with E-state index in [-0.39, 0.29) is 0 Å². The van der Waals surface area contributed by atoms with E-state index < -0.39 is 0 Å². The minimum atomic E-state index is 0.455. The quantitative estimate of drug-likeness (QED) is 0.789. The SMILES string of the molecule is CCNc1nc(-c2sccc2C)nc(-n2cncn2)n1. The van der Waals surface area contributed by atoms with Crippen LogP contribution in [0.1, 0.15) is 12.5 Å². The monoisotopic (exact) mass is 287 g/mol. The van der Waals surface area contributed by atoms with Crippen LogP contribution in [0.3, 0.4) is 0 Å². The second-order valence-electron chi connectivity index (χ2n) is 4.09. The number of hydrogen-bond acceptors (Lipinski definition) is 7. The molecule has 3 aromatic rings. The van der Waals surface area contributed by atoms with E-state index in [4.69, 9.17) is 0 Å². The summed E-state index contributed by atoms with van der Waals surface area (Å²) in [7, 11) is 0. The summed E-state index contributed by atoms with van der Waals surface area (Å²) in [6, 6.07) is 2.05. The van der Waals surface area contributed by atoms with Gasteiger partial charge in [0.1, 0.15) is 12.7 Å². The van der Waals surface area contributed by atoms with Gasteiger partial charge in [-0.05, 0) is 30.9 Å². The molecule has 8 heteroatoms. The van der Waals surface area contributed by atoms with Crippen LogP contribution in [-0.2, 0) is 0 Å². The van der Waals surface area contributed by atoms with Crippen LogP contribution in [0.5, 0.6) is 0 Å². The van der Waals surface area contributed by atoms with E-state index in [1.54, 1.807) is 17.7 Å². The number of nitrogens with zero attached hydrogens (tertiary/aromatic N) is 6. The van der Waals surface area contributed by atoms with Gasteiger partial charge in [0.2, 0.25) is 5.95 Å². The van der Waals surface area contributed by atoms with Crippen molar-refractivity contribution in [3.05, 3.63) is 29.7 Å². The molecule has 0 atom stereocenters. The van der Waals surface area contributed by atoms with Crippen molar-refractivity contribution in [2.24, 2.45) is 0 Å². The minimum absolute atomic E-state index is 0.455. The van der Waals surface area contributed by atoms with E-state index in [0.717, 1.165) is 17.0 Å². The van der Waals surface area contributed by atoms with E-state index in [9.17, 15) is 0 Å². The summed E-state index contributed by atoms with van der Waals surface area (Å²) >= 11 is 1.61. The van der Waals surface area contributed by atoms with Gasteiger partial charge in [-0.3, -0.25) is 0 Å². The summed E-state index contributed by atoms with van der Waals surface area (Å²) in [4.78, 5) is 18.2. The van der Waals surface area contributed by atoms with Crippen molar-refractivity contribution < 1.29 is 0 Å². The Morgan fingerprint density at radius 1 is 1.30 bits per heavy atom. The average Bonchev–Trinajstić information content (AvgIpc) is 3.09. The maximum atomic E-state index is 4.47.